The topological polar surface area (TPSA) is 57.2 Å². The Morgan fingerprint density at radius 3 is 2.87 bits per heavy atom. The van der Waals surface area contributed by atoms with E-state index in [1.165, 1.54) is 7.11 Å². The second-order valence-electron chi connectivity index (χ2n) is 3.85. The summed E-state index contributed by atoms with van der Waals surface area (Å²) in [5, 5.41) is 0. The summed E-state index contributed by atoms with van der Waals surface area (Å²) in [6.45, 7) is 1.98. The van der Waals surface area contributed by atoms with Gasteiger partial charge in [-0.25, -0.2) is 4.79 Å². The Morgan fingerprint density at radius 2 is 2.33 bits per heavy atom. The van der Waals surface area contributed by atoms with Gasteiger partial charge in [-0.1, -0.05) is 0 Å². The monoisotopic (exact) mass is 210 g/mol. The van der Waals surface area contributed by atoms with E-state index in [4.69, 9.17) is 5.73 Å². The average molecular weight is 210 g/mol. The molecule has 0 bridgehead atoms. The van der Waals surface area contributed by atoms with Crippen molar-refractivity contribution in [3.63, 3.8) is 0 Å². The number of carbonyl (C=O) groups excluding carboxylic acids is 1. The van der Waals surface area contributed by atoms with Crippen LogP contribution in [0.15, 0.2) is 12.3 Å². The van der Waals surface area contributed by atoms with E-state index in [1.807, 2.05) is 26.2 Å². The Morgan fingerprint density at radius 1 is 1.67 bits per heavy atom. The third kappa shape index (κ3) is 3.09. The number of aryl methyl sites for hydroxylation is 2. The van der Waals surface area contributed by atoms with E-state index in [9.17, 15) is 4.79 Å². The highest BCUT2D eigenvalue weighted by Crippen LogP contribution is 2.11. The van der Waals surface area contributed by atoms with E-state index < -0.39 is 0 Å². The number of nitrogens with two attached hydrogens (primary N) is 1. The first-order valence-corrected chi connectivity index (χ1v) is 5.03. The van der Waals surface area contributed by atoms with Crippen molar-refractivity contribution >= 4 is 5.97 Å². The molecular formula is C11H18N2O2. The molecule has 0 aliphatic carbocycles. The standard InChI is InChI=1S/C11H18N2O2/c1-8(12)4-5-9-6-10(11(14)15-3)13(2)7-9/h6-8H,4-5,12H2,1-3H3/t8-/m1/s1. The molecule has 0 aliphatic heterocycles. The van der Waals surface area contributed by atoms with Gasteiger partial charge in [0, 0.05) is 19.3 Å². The van der Waals surface area contributed by atoms with E-state index >= 15 is 0 Å². The molecule has 1 aromatic heterocycles. The molecule has 0 fully saturated rings. The number of methoxy groups -OCH3 is 1. The fraction of sp³-hybridized carbons (Fsp3) is 0.545. The van der Waals surface area contributed by atoms with Crippen LogP contribution in [-0.4, -0.2) is 23.7 Å². The van der Waals surface area contributed by atoms with Crippen LogP contribution in [0.3, 0.4) is 0 Å². The van der Waals surface area contributed by atoms with E-state index in [2.05, 4.69) is 4.74 Å². The lowest BCUT2D eigenvalue weighted by Crippen LogP contribution is -2.15. The molecule has 4 heteroatoms. The molecule has 0 saturated carbocycles. The van der Waals surface area contributed by atoms with Gasteiger partial charge in [-0.15, -0.1) is 0 Å². The van der Waals surface area contributed by atoms with Crippen LogP contribution in [0.25, 0.3) is 0 Å². The Balaban J connectivity index is 2.72. The number of aromatic nitrogens is 1. The zero-order valence-electron chi connectivity index (χ0n) is 9.49. The van der Waals surface area contributed by atoms with Crippen LogP contribution in [0.5, 0.6) is 0 Å². The first-order valence-electron chi connectivity index (χ1n) is 5.03. The van der Waals surface area contributed by atoms with Gasteiger partial charge < -0.3 is 15.0 Å². The van der Waals surface area contributed by atoms with Gasteiger partial charge in [0.25, 0.3) is 0 Å². The van der Waals surface area contributed by atoms with Crippen LogP contribution in [0.2, 0.25) is 0 Å². The van der Waals surface area contributed by atoms with Crippen molar-refractivity contribution in [2.75, 3.05) is 7.11 Å². The van der Waals surface area contributed by atoms with Crippen LogP contribution in [-0.2, 0) is 18.2 Å². The zero-order chi connectivity index (χ0) is 11.4. The van der Waals surface area contributed by atoms with Crippen LogP contribution < -0.4 is 5.73 Å². The van der Waals surface area contributed by atoms with Crippen molar-refractivity contribution in [3.05, 3.63) is 23.5 Å². The van der Waals surface area contributed by atoms with Crippen molar-refractivity contribution in [1.82, 2.24) is 4.57 Å². The van der Waals surface area contributed by atoms with Gasteiger partial charge in [-0.2, -0.15) is 0 Å². The molecular weight excluding hydrogens is 192 g/mol. The Labute approximate surface area is 90.0 Å². The van der Waals surface area contributed by atoms with Gasteiger partial charge in [0.2, 0.25) is 0 Å². The van der Waals surface area contributed by atoms with Crippen molar-refractivity contribution < 1.29 is 9.53 Å². The fourth-order valence-electron chi connectivity index (χ4n) is 1.47. The van der Waals surface area contributed by atoms with Gasteiger partial charge in [-0.3, -0.25) is 0 Å². The summed E-state index contributed by atoms with van der Waals surface area (Å²) in [5.74, 6) is -0.301. The predicted octanol–water partition coefficient (Wildman–Crippen LogP) is 1.09. The first kappa shape index (κ1) is 11.8. The zero-order valence-corrected chi connectivity index (χ0v) is 9.49. The molecule has 4 nitrogen and oxygen atoms in total. The largest absolute Gasteiger partial charge is 0.464 e. The maximum absolute atomic E-state index is 11.3. The Kier molecular flexibility index (Phi) is 3.91. The molecule has 2 N–H and O–H groups in total. The molecule has 0 amide bonds. The highest BCUT2D eigenvalue weighted by molar-refractivity contribution is 5.87. The summed E-state index contributed by atoms with van der Waals surface area (Å²) in [6, 6.07) is 2.04. The van der Waals surface area contributed by atoms with Crippen molar-refractivity contribution in [1.29, 1.82) is 0 Å². The van der Waals surface area contributed by atoms with Gasteiger partial charge in [0.1, 0.15) is 5.69 Å². The maximum Gasteiger partial charge on any atom is 0.354 e. The highest BCUT2D eigenvalue weighted by atomic mass is 16.5. The van der Waals surface area contributed by atoms with Gasteiger partial charge in [0.15, 0.2) is 0 Å². The quantitative estimate of drug-likeness (QED) is 0.757. The Bertz CT molecular complexity index is 342. The number of ether oxygens (including phenoxy) is 1. The first-order chi connectivity index (χ1) is 7.04. The SMILES string of the molecule is COC(=O)c1cc(CC[C@@H](C)N)cn1C. The summed E-state index contributed by atoms with van der Waals surface area (Å²) in [7, 11) is 3.22. The van der Waals surface area contributed by atoms with Crippen LogP contribution >= 0.6 is 0 Å². The molecule has 84 valence electrons. The van der Waals surface area contributed by atoms with E-state index in [1.54, 1.807) is 4.57 Å². The highest BCUT2D eigenvalue weighted by Gasteiger charge is 2.11. The number of nitrogens with zero attached hydrogens (tertiary/aromatic N) is 1. The van der Waals surface area contributed by atoms with Crippen LogP contribution in [0.4, 0.5) is 0 Å². The summed E-state index contributed by atoms with van der Waals surface area (Å²) in [4.78, 5) is 11.3. The lowest BCUT2D eigenvalue weighted by Gasteiger charge is -2.01. The third-order valence-corrected chi connectivity index (χ3v) is 2.34. The number of rotatable bonds is 4. The molecule has 0 saturated heterocycles. The smallest absolute Gasteiger partial charge is 0.354 e. The Hall–Kier alpha value is -1.29. The molecule has 0 radical (unpaired) electrons. The molecule has 1 atom stereocenters. The minimum atomic E-state index is -0.301. The van der Waals surface area contributed by atoms with E-state index in [0.29, 0.717) is 5.69 Å². The van der Waals surface area contributed by atoms with Crippen LogP contribution in [0, 0.1) is 0 Å². The molecule has 0 aliphatic rings. The maximum atomic E-state index is 11.3. The number of carbonyl (C=O) groups is 1. The molecule has 0 unspecified atom stereocenters. The van der Waals surface area contributed by atoms with Gasteiger partial charge >= 0.3 is 5.97 Å². The van der Waals surface area contributed by atoms with Crippen molar-refractivity contribution in [2.24, 2.45) is 12.8 Å². The summed E-state index contributed by atoms with van der Waals surface area (Å²) < 4.78 is 6.45. The second kappa shape index (κ2) is 4.98. The third-order valence-electron chi connectivity index (χ3n) is 2.34. The minimum absolute atomic E-state index is 0.187. The average Bonchev–Trinajstić information content (AvgIpc) is 2.55. The number of hydrogen-bond acceptors (Lipinski definition) is 3. The molecule has 0 spiro atoms. The lowest BCUT2D eigenvalue weighted by molar-refractivity contribution is 0.0590. The van der Waals surface area contributed by atoms with Gasteiger partial charge in [-0.05, 0) is 31.4 Å². The number of esters is 1. The van der Waals surface area contributed by atoms with E-state index in [-0.39, 0.29) is 12.0 Å². The van der Waals surface area contributed by atoms with E-state index in [0.717, 1.165) is 18.4 Å². The van der Waals surface area contributed by atoms with Crippen LogP contribution in [0.1, 0.15) is 29.4 Å². The molecule has 0 aromatic carbocycles. The molecule has 1 rings (SSSR count). The fourth-order valence-corrected chi connectivity index (χ4v) is 1.47. The summed E-state index contributed by atoms with van der Waals surface area (Å²) in [6.07, 6.45) is 3.75. The normalized spacial score (nSPS) is 12.5. The van der Waals surface area contributed by atoms with Gasteiger partial charge in [0.05, 0.1) is 7.11 Å². The lowest BCUT2D eigenvalue weighted by atomic mass is 10.1. The minimum Gasteiger partial charge on any atom is -0.464 e. The van der Waals surface area contributed by atoms with Crippen molar-refractivity contribution in [2.45, 2.75) is 25.8 Å². The molecule has 15 heavy (non-hydrogen) atoms. The number of hydrogen-bond donors (Lipinski definition) is 1. The second-order valence-corrected chi connectivity index (χ2v) is 3.85. The van der Waals surface area contributed by atoms with Crippen molar-refractivity contribution in [3.8, 4) is 0 Å². The molecule has 1 heterocycles. The summed E-state index contributed by atoms with van der Waals surface area (Å²) >= 11 is 0. The summed E-state index contributed by atoms with van der Waals surface area (Å²) in [5.41, 5.74) is 7.37. The predicted molar refractivity (Wildman–Crippen MR) is 58.7 cm³/mol. The molecule has 1 aromatic rings.